The summed E-state index contributed by atoms with van der Waals surface area (Å²) >= 11 is 11.7. The van der Waals surface area contributed by atoms with Crippen molar-refractivity contribution < 1.29 is 13.9 Å². The summed E-state index contributed by atoms with van der Waals surface area (Å²) in [6.45, 7) is 0. The molecule has 5 heteroatoms. The van der Waals surface area contributed by atoms with Gasteiger partial charge in [0.15, 0.2) is 5.78 Å². The normalized spacial score (nSPS) is 17.6. The SMILES string of the molecule is O=C1CC(c2cc(Cl)ccc2F)Oc2ccc(Cl)cc21. The molecule has 1 aliphatic rings. The third kappa shape index (κ3) is 2.39. The van der Waals surface area contributed by atoms with Crippen LogP contribution in [0.5, 0.6) is 5.75 Å². The minimum absolute atomic E-state index is 0.0601. The van der Waals surface area contributed by atoms with Crippen LogP contribution < -0.4 is 4.74 Å². The minimum atomic E-state index is -0.671. The molecule has 1 unspecified atom stereocenters. The molecule has 2 nitrogen and oxygen atoms in total. The molecule has 0 bridgehead atoms. The molecule has 3 rings (SSSR count). The fourth-order valence-electron chi connectivity index (χ4n) is 2.23. The zero-order chi connectivity index (χ0) is 14.3. The Hall–Kier alpha value is -1.58. The molecule has 102 valence electrons. The molecule has 2 aromatic carbocycles. The molecule has 1 atom stereocenters. The van der Waals surface area contributed by atoms with Crippen LogP contribution in [-0.2, 0) is 0 Å². The van der Waals surface area contributed by atoms with Crippen molar-refractivity contribution >= 4 is 29.0 Å². The third-order valence-corrected chi connectivity index (χ3v) is 3.66. The van der Waals surface area contributed by atoms with Crippen LogP contribution >= 0.6 is 23.2 Å². The van der Waals surface area contributed by atoms with Gasteiger partial charge >= 0.3 is 0 Å². The maximum absolute atomic E-state index is 13.9. The molecular weight excluding hydrogens is 302 g/mol. The fourth-order valence-corrected chi connectivity index (χ4v) is 2.58. The number of carbonyl (C=O) groups is 1. The Balaban J connectivity index is 2.01. The van der Waals surface area contributed by atoms with E-state index in [1.165, 1.54) is 18.2 Å². The summed E-state index contributed by atoms with van der Waals surface area (Å²) < 4.78 is 19.6. The van der Waals surface area contributed by atoms with Crippen molar-refractivity contribution in [1.82, 2.24) is 0 Å². The van der Waals surface area contributed by atoms with E-state index in [9.17, 15) is 9.18 Å². The van der Waals surface area contributed by atoms with Crippen molar-refractivity contribution in [1.29, 1.82) is 0 Å². The molecule has 1 aliphatic heterocycles. The molecule has 0 saturated carbocycles. The molecular formula is C15H9Cl2FO2. The Morgan fingerprint density at radius 2 is 1.80 bits per heavy atom. The topological polar surface area (TPSA) is 26.3 Å². The molecule has 0 saturated heterocycles. The van der Waals surface area contributed by atoms with E-state index in [4.69, 9.17) is 27.9 Å². The molecule has 0 amide bonds. The van der Waals surface area contributed by atoms with E-state index in [1.54, 1.807) is 18.2 Å². The number of benzene rings is 2. The molecule has 0 spiro atoms. The number of fused-ring (bicyclic) bond motifs is 1. The summed E-state index contributed by atoms with van der Waals surface area (Å²) in [5, 5.41) is 0.868. The van der Waals surface area contributed by atoms with Gasteiger partial charge in [0.05, 0.1) is 12.0 Å². The summed E-state index contributed by atoms with van der Waals surface area (Å²) in [5.74, 6) is -0.155. The highest BCUT2D eigenvalue weighted by molar-refractivity contribution is 6.31. The van der Waals surface area contributed by atoms with E-state index in [1.807, 2.05) is 0 Å². The van der Waals surface area contributed by atoms with Crippen molar-refractivity contribution in [3.05, 3.63) is 63.4 Å². The Morgan fingerprint density at radius 3 is 2.60 bits per heavy atom. The van der Waals surface area contributed by atoms with Crippen LogP contribution in [-0.4, -0.2) is 5.78 Å². The van der Waals surface area contributed by atoms with Crippen LogP contribution in [0.1, 0.15) is 28.4 Å². The number of Topliss-reactive ketones (excluding diaryl/α,β-unsaturated/α-hetero) is 1. The third-order valence-electron chi connectivity index (χ3n) is 3.19. The lowest BCUT2D eigenvalue weighted by atomic mass is 9.96. The highest BCUT2D eigenvalue weighted by atomic mass is 35.5. The molecule has 20 heavy (non-hydrogen) atoms. The largest absolute Gasteiger partial charge is 0.484 e. The van der Waals surface area contributed by atoms with Crippen LogP contribution in [0.3, 0.4) is 0 Å². The van der Waals surface area contributed by atoms with Gasteiger partial charge in [-0.15, -0.1) is 0 Å². The quantitative estimate of drug-likeness (QED) is 0.753. The molecule has 0 aliphatic carbocycles. The minimum Gasteiger partial charge on any atom is -0.484 e. The van der Waals surface area contributed by atoms with Gasteiger partial charge in [0, 0.05) is 15.6 Å². The summed E-state index contributed by atoms with van der Waals surface area (Å²) in [5.41, 5.74) is 0.711. The van der Waals surface area contributed by atoms with Crippen molar-refractivity contribution in [2.24, 2.45) is 0 Å². The Morgan fingerprint density at radius 1 is 1.10 bits per heavy atom. The lowest BCUT2D eigenvalue weighted by Gasteiger charge is -2.26. The average molecular weight is 311 g/mol. The van der Waals surface area contributed by atoms with Gasteiger partial charge in [-0.2, -0.15) is 0 Å². The van der Waals surface area contributed by atoms with E-state index in [0.717, 1.165) is 0 Å². The van der Waals surface area contributed by atoms with Gasteiger partial charge in [0.1, 0.15) is 17.7 Å². The predicted octanol–water partition coefficient (Wildman–Crippen LogP) is 4.84. The molecule has 0 fully saturated rings. The summed E-state index contributed by atoms with van der Waals surface area (Å²) in [6, 6.07) is 9.01. The van der Waals surface area contributed by atoms with Crippen LogP contribution in [0.25, 0.3) is 0 Å². The second kappa shape index (κ2) is 5.08. The lowest BCUT2D eigenvalue weighted by molar-refractivity contribution is 0.0846. The van der Waals surface area contributed by atoms with E-state index < -0.39 is 11.9 Å². The second-order valence-electron chi connectivity index (χ2n) is 4.54. The van der Waals surface area contributed by atoms with Gasteiger partial charge in [-0.1, -0.05) is 23.2 Å². The fraction of sp³-hybridized carbons (Fsp3) is 0.133. The first kappa shape index (κ1) is 13.4. The summed E-state index contributed by atoms with van der Waals surface area (Å²) in [6.07, 6.45) is -0.611. The number of rotatable bonds is 1. The predicted molar refractivity (Wildman–Crippen MR) is 75.2 cm³/mol. The molecule has 0 aromatic heterocycles. The number of ether oxygens (including phenoxy) is 1. The lowest BCUT2D eigenvalue weighted by Crippen LogP contribution is -2.21. The molecule has 1 heterocycles. The van der Waals surface area contributed by atoms with Gasteiger partial charge in [-0.05, 0) is 36.4 Å². The summed E-state index contributed by atoms with van der Waals surface area (Å²) in [4.78, 5) is 12.1. The zero-order valence-corrected chi connectivity index (χ0v) is 11.7. The first-order chi connectivity index (χ1) is 9.54. The number of hydrogen-bond acceptors (Lipinski definition) is 2. The monoisotopic (exact) mass is 310 g/mol. The highest BCUT2D eigenvalue weighted by Gasteiger charge is 2.29. The smallest absolute Gasteiger partial charge is 0.170 e. The van der Waals surface area contributed by atoms with E-state index in [0.29, 0.717) is 21.4 Å². The van der Waals surface area contributed by atoms with Gasteiger partial charge < -0.3 is 4.74 Å². The van der Waals surface area contributed by atoms with E-state index in [2.05, 4.69) is 0 Å². The van der Waals surface area contributed by atoms with Crippen molar-refractivity contribution in [3.63, 3.8) is 0 Å². The number of hydrogen-bond donors (Lipinski definition) is 0. The van der Waals surface area contributed by atoms with Crippen LogP contribution in [0.4, 0.5) is 4.39 Å². The average Bonchev–Trinajstić information content (AvgIpc) is 2.42. The zero-order valence-electron chi connectivity index (χ0n) is 10.2. The van der Waals surface area contributed by atoms with Gasteiger partial charge in [0.25, 0.3) is 0 Å². The highest BCUT2D eigenvalue weighted by Crippen LogP contribution is 2.37. The molecule has 0 N–H and O–H groups in total. The number of halogens is 3. The van der Waals surface area contributed by atoms with Crippen LogP contribution in [0.2, 0.25) is 10.0 Å². The van der Waals surface area contributed by atoms with Gasteiger partial charge in [0.2, 0.25) is 0 Å². The van der Waals surface area contributed by atoms with Crippen molar-refractivity contribution in [3.8, 4) is 5.75 Å². The van der Waals surface area contributed by atoms with E-state index >= 15 is 0 Å². The van der Waals surface area contributed by atoms with Crippen LogP contribution in [0, 0.1) is 5.82 Å². The van der Waals surface area contributed by atoms with Crippen molar-refractivity contribution in [2.45, 2.75) is 12.5 Å². The van der Waals surface area contributed by atoms with Gasteiger partial charge in [-0.3, -0.25) is 4.79 Å². The Kier molecular flexibility index (Phi) is 3.40. The maximum atomic E-state index is 13.9. The first-order valence-corrected chi connectivity index (χ1v) is 6.74. The van der Waals surface area contributed by atoms with Gasteiger partial charge in [-0.25, -0.2) is 4.39 Å². The Bertz CT molecular complexity index is 700. The number of ketones is 1. The molecule has 2 aromatic rings. The first-order valence-electron chi connectivity index (χ1n) is 5.99. The molecule has 0 radical (unpaired) electrons. The Labute approximate surface area is 125 Å². The van der Waals surface area contributed by atoms with Crippen molar-refractivity contribution in [2.75, 3.05) is 0 Å². The maximum Gasteiger partial charge on any atom is 0.170 e. The standard InChI is InChI=1S/C15H9Cl2FO2/c16-8-1-3-12(18)10(5-8)15-7-13(19)11-6-9(17)2-4-14(11)20-15/h1-6,15H,7H2. The second-order valence-corrected chi connectivity index (χ2v) is 5.41. The van der Waals surface area contributed by atoms with Crippen LogP contribution in [0.15, 0.2) is 36.4 Å². The summed E-state index contributed by atoms with van der Waals surface area (Å²) in [7, 11) is 0. The van der Waals surface area contributed by atoms with E-state index in [-0.39, 0.29) is 17.8 Å². The number of carbonyl (C=O) groups excluding carboxylic acids is 1.